The van der Waals surface area contributed by atoms with E-state index in [4.69, 9.17) is 4.99 Å². The summed E-state index contributed by atoms with van der Waals surface area (Å²) in [5.74, 6) is 0.315. The molecule has 4 heteroatoms. The van der Waals surface area contributed by atoms with Crippen LogP contribution in [0.1, 0.15) is 40.9 Å². The Balaban J connectivity index is 1.75. The van der Waals surface area contributed by atoms with E-state index in [-0.39, 0.29) is 12.2 Å². The lowest BCUT2D eigenvalue weighted by molar-refractivity contribution is 0.412. The Morgan fingerprint density at radius 2 is 1.67 bits per heavy atom. The molecule has 0 aromatic heterocycles. The first-order valence-corrected chi connectivity index (χ1v) is 9.82. The molecule has 0 bridgehead atoms. The highest BCUT2D eigenvalue weighted by molar-refractivity contribution is 9.10. The van der Waals surface area contributed by atoms with E-state index >= 15 is 0 Å². The van der Waals surface area contributed by atoms with Crippen LogP contribution in [0.2, 0.25) is 0 Å². The summed E-state index contributed by atoms with van der Waals surface area (Å²) >= 11 is 3.49. The molecule has 0 fully saturated rings. The van der Waals surface area contributed by atoms with Crippen LogP contribution in [0.4, 0.5) is 0 Å². The van der Waals surface area contributed by atoms with E-state index in [2.05, 4.69) is 64.6 Å². The molecule has 3 aromatic rings. The van der Waals surface area contributed by atoms with Crippen LogP contribution in [0.25, 0.3) is 0 Å². The van der Waals surface area contributed by atoms with Crippen molar-refractivity contribution in [2.24, 2.45) is 4.99 Å². The van der Waals surface area contributed by atoms with Gasteiger partial charge >= 0.3 is 0 Å². The van der Waals surface area contributed by atoms with Gasteiger partial charge in [-0.2, -0.15) is 0 Å². The number of aliphatic imine (C=N–C) groups is 1. The number of phenolic OH excluding ortho intramolecular Hbond substituents is 1. The summed E-state index contributed by atoms with van der Waals surface area (Å²) in [7, 11) is 0. The van der Waals surface area contributed by atoms with Crippen molar-refractivity contribution in [2.75, 3.05) is 0 Å². The van der Waals surface area contributed by atoms with Crippen LogP contribution in [-0.4, -0.2) is 10.8 Å². The number of aromatic hydroxyl groups is 1. The Bertz CT molecular complexity index is 964. The minimum atomic E-state index is -0.159. The van der Waals surface area contributed by atoms with Gasteiger partial charge in [0, 0.05) is 28.2 Å². The van der Waals surface area contributed by atoms with Crippen molar-refractivity contribution in [1.29, 1.82) is 0 Å². The molecule has 1 aliphatic heterocycles. The molecule has 3 aromatic carbocycles. The topological polar surface area (TPSA) is 44.6 Å². The molecule has 0 saturated heterocycles. The second-order valence-corrected chi connectivity index (χ2v) is 7.79. The number of phenols is 1. The van der Waals surface area contributed by atoms with Gasteiger partial charge in [0.25, 0.3) is 0 Å². The second-order valence-electron chi connectivity index (χ2n) is 6.88. The number of aryl methyl sites for hydroxylation is 1. The van der Waals surface area contributed by atoms with Gasteiger partial charge in [0.05, 0.1) is 0 Å². The quantitative estimate of drug-likeness (QED) is 0.571. The van der Waals surface area contributed by atoms with Crippen molar-refractivity contribution in [1.82, 2.24) is 5.32 Å². The predicted octanol–water partition coefficient (Wildman–Crippen LogP) is 5.69. The molecule has 2 atom stereocenters. The van der Waals surface area contributed by atoms with Gasteiger partial charge in [-0.05, 0) is 36.2 Å². The fourth-order valence-corrected chi connectivity index (χ4v) is 3.69. The van der Waals surface area contributed by atoms with Crippen LogP contribution in [0.15, 0.2) is 82.3 Å². The molecule has 27 heavy (non-hydrogen) atoms. The molecule has 0 amide bonds. The van der Waals surface area contributed by atoms with Crippen LogP contribution in [-0.2, 0) is 0 Å². The van der Waals surface area contributed by atoms with Crippen molar-refractivity contribution < 1.29 is 5.11 Å². The van der Waals surface area contributed by atoms with Gasteiger partial charge in [0.1, 0.15) is 11.9 Å². The molecule has 4 rings (SSSR count). The van der Waals surface area contributed by atoms with Crippen LogP contribution < -0.4 is 5.32 Å². The van der Waals surface area contributed by atoms with Gasteiger partial charge in [-0.25, -0.2) is 0 Å². The van der Waals surface area contributed by atoms with E-state index in [1.165, 1.54) is 5.56 Å². The third-order valence-corrected chi connectivity index (χ3v) is 5.45. The summed E-state index contributed by atoms with van der Waals surface area (Å²) in [6, 6.07) is 24.2. The minimum Gasteiger partial charge on any atom is -0.508 e. The Morgan fingerprint density at radius 1 is 0.963 bits per heavy atom. The van der Waals surface area contributed by atoms with Crippen molar-refractivity contribution in [3.63, 3.8) is 0 Å². The maximum absolute atomic E-state index is 10.4. The van der Waals surface area contributed by atoms with E-state index in [9.17, 15) is 5.11 Å². The number of rotatable bonds is 3. The Morgan fingerprint density at radius 3 is 2.37 bits per heavy atom. The molecule has 0 saturated carbocycles. The van der Waals surface area contributed by atoms with E-state index in [0.717, 1.165) is 33.3 Å². The SMILES string of the molecule is Cc1ccc(C2=N[C@H](c3ccc(Br)cc3)N[C@@H](c3ccccc3O)C2)cc1. The minimum absolute atomic E-state index is 0.00588. The maximum atomic E-state index is 10.4. The van der Waals surface area contributed by atoms with Gasteiger partial charge in [-0.3, -0.25) is 10.3 Å². The molecule has 2 N–H and O–H groups in total. The Labute approximate surface area is 167 Å². The zero-order valence-electron chi connectivity index (χ0n) is 15.1. The summed E-state index contributed by atoms with van der Waals surface area (Å²) in [6.45, 7) is 2.09. The van der Waals surface area contributed by atoms with Gasteiger partial charge < -0.3 is 5.11 Å². The summed E-state index contributed by atoms with van der Waals surface area (Å²) in [6.07, 6.45) is 0.570. The molecule has 0 unspecified atom stereocenters. The zero-order valence-corrected chi connectivity index (χ0v) is 16.6. The molecular formula is C23H21BrN2O. The third kappa shape index (κ3) is 3.97. The summed E-state index contributed by atoms with van der Waals surface area (Å²) < 4.78 is 1.04. The molecule has 1 heterocycles. The third-order valence-electron chi connectivity index (χ3n) is 4.92. The fourth-order valence-electron chi connectivity index (χ4n) is 3.42. The normalized spacial score (nSPS) is 19.6. The number of nitrogens with one attached hydrogen (secondary N) is 1. The lowest BCUT2D eigenvalue weighted by Gasteiger charge is -2.31. The predicted molar refractivity (Wildman–Crippen MR) is 113 cm³/mol. The second kappa shape index (κ2) is 7.67. The van der Waals surface area contributed by atoms with Crippen molar-refractivity contribution in [3.8, 4) is 5.75 Å². The van der Waals surface area contributed by atoms with Gasteiger partial charge in [0.2, 0.25) is 0 Å². The zero-order chi connectivity index (χ0) is 18.8. The molecule has 3 nitrogen and oxygen atoms in total. The summed E-state index contributed by atoms with van der Waals surface area (Å²) in [5.41, 5.74) is 5.41. The molecule has 136 valence electrons. The van der Waals surface area contributed by atoms with Crippen LogP contribution in [0.3, 0.4) is 0 Å². The van der Waals surface area contributed by atoms with Gasteiger partial charge in [-0.15, -0.1) is 0 Å². The van der Waals surface area contributed by atoms with Gasteiger partial charge in [0.15, 0.2) is 0 Å². The van der Waals surface area contributed by atoms with E-state index in [1.807, 2.05) is 30.3 Å². The Hall–Kier alpha value is -2.43. The average molecular weight is 421 g/mol. The molecule has 1 aliphatic rings. The van der Waals surface area contributed by atoms with Crippen LogP contribution in [0, 0.1) is 6.92 Å². The highest BCUT2D eigenvalue weighted by Crippen LogP contribution is 2.34. The van der Waals surface area contributed by atoms with E-state index in [0.29, 0.717) is 5.75 Å². The largest absolute Gasteiger partial charge is 0.508 e. The average Bonchev–Trinajstić information content (AvgIpc) is 2.69. The highest BCUT2D eigenvalue weighted by atomic mass is 79.9. The molecule has 0 spiro atoms. The molecule has 0 radical (unpaired) electrons. The summed E-state index contributed by atoms with van der Waals surface area (Å²) in [5, 5.41) is 14.0. The summed E-state index contributed by atoms with van der Waals surface area (Å²) in [4.78, 5) is 5.00. The van der Waals surface area contributed by atoms with Crippen LogP contribution >= 0.6 is 15.9 Å². The monoisotopic (exact) mass is 420 g/mol. The van der Waals surface area contributed by atoms with Crippen LogP contribution in [0.5, 0.6) is 5.75 Å². The number of hydrogen-bond donors (Lipinski definition) is 2. The number of nitrogens with zero attached hydrogens (tertiary/aromatic N) is 1. The van der Waals surface area contributed by atoms with E-state index < -0.39 is 0 Å². The highest BCUT2D eigenvalue weighted by Gasteiger charge is 2.27. The first-order valence-electron chi connectivity index (χ1n) is 9.03. The standard InChI is InChI=1S/C23H21BrN2O/c1-15-6-8-16(9-7-15)20-14-21(19-4-2-3-5-22(19)27)26-23(25-20)17-10-12-18(24)13-11-17/h2-13,21,23,26-27H,14H2,1H3/t21-,23+/m1/s1. The smallest absolute Gasteiger partial charge is 0.126 e. The van der Waals surface area contributed by atoms with Crippen molar-refractivity contribution in [3.05, 3.63) is 99.5 Å². The first-order chi connectivity index (χ1) is 13.1. The lowest BCUT2D eigenvalue weighted by atomic mass is 9.93. The number of halogens is 1. The number of para-hydroxylation sites is 1. The van der Waals surface area contributed by atoms with Crippen molar-refractivity contribution >= 4 is 21.6 Å². The number of hydrogen-bond acceptors (Lipinski definition) is 3. The number of benzene rings is 3. The lowest BCUT2D eigenvalue weighted by Crippen LogP contribution is -2.33. The Kier molecular flexibility index (Phi) is 5.10. The first kappa shape index (κ1) is 18.0. The molecule has 0 aliphatic carbocycles. The van der Waals surface area contributed by atoms with Crippen molar-refractivity contribution in [2.45, 2.75) is 25.6 Å². The molecular weight excluding hydrogens is 400 g/mol. The fraction of sp³-hybridized carbons (Fsp3) is 0.174. The maximum Gasteiger partial charge on any atom is 0.126 e. The van der Waals surface area contributed by atoms with E-state index in [1.54, 1.807) is 6.07 Å². The van der Waals surface area contributed by atoms with Gasteiger partial charge in [-0.1, -0.05) is 76.1 Å².